The van der Waals surface area contributed by atoms with Gasteiger partial charge in [0.1, 0.15) is 11.6 Å². The third kappa shape index (κ3) is 2.57. The van der Waals surface area contributed by atoms with Gasteiger partial charge in [-0.15, -0.1) is 0 Å². The summed E-state index contributed by atoms with van der Waals surface area (Å²) in [7, 11) is 0. The van der Waals surface area contributed by atoms with Gasteiger partial charge in [-0.1, -0.05) is 22.9 Å². The van der Waals surface area contributed by atoms with Crippen LogP contribution >= 0.6 is 0 Å². The lowest BCUT2D eigenvalue weighted by molar-refractivity contribution is -0.384. The Morgan fingerprint density at radius 2 is 1.78 bits per heavy atom. The number of nitro benzene ring substituents is 1. The Kier molecular flexibility index (Phi) is 3.76. The molecule has 2 aliphatic heterocycles. The Labute approximate surface area is 154 Å². The zero-order valence-corrected chi connectivity index (χ0v) is 14.6. The van der Waals surface area contributed by atoms with Crippen LogP contribution in [0.25, 0.3) is 0 Å². The number of non-ortho nitro benzene ring substituents is 1. The number of carbonyl (C=O) groups is 2. The monoisotopic (exact) mass is 365 g/mol. The highest BCUT2D eigenvalue weighted by atomic mass is 16.7. The molecule has 0 aliphatic carbocycles. The topological polar surface area (TPSA) is 102 Å². The van der Waals surface area contributed by atoms with Crippen LogP contribution in [-0.2, 0) is 14.4 Å². The van der Waals surface area contributed by atoms with Gasteiger partial charge in [0.15, 0.2) is 0 Å². The number of amides is 2. The number of benzene rings is 2. The lowest BCUT2D eigenvalue weighted by atomic mass is 9.94. The second-order valence-electron chi connectivity index (χ2n) is 6.59. The first-order chi connectivity index (χ1) is 12.9. The Bertz CT molecular complexity index is 1010. The normalized spacial score (nSPS) is 21.1. The third-order valence-corrected chi connectivity index (χ3v) is 4.78. The average Bonchev–Trinajstić information content (AvgIpc) is 3.17. The molecule has 2 aromatic rings. The van der Waals surface area contributed by atoms with Crippen LogP contribution in [0.15, 0.2) is 47.6 Å². The van der Waals surface area contributed by atoms with Gasteiger partial charge in [-0.05, 0) is 37.6 Å². The quantitative estimate of drug-likeness (QED) is 0.472. The third-order valence-electron chi connectivity index (χ3n) is 4.78. The number of imide groups is 1. The van der Waals surface area contributed by atoms with Crippen LogP contribution in [-0.4, -0.2) is 28.6 Å². The van der Waals surface area contributed by atoms with Gasteiger partial charge in [0, 0.05) is 17.7 Å². The summed E-state index contributed by atoms with van der Waals surface area (Å²) in [5, 5.41) is 14.7. The molecule has 136 valence electrons. The van der Waals surface area contributed by atoms with E-state index < -0.39 is 28.8 Å². The molecule has 2 amide bonds. The van der Waals surface area contributed by atoms with Gasteiger partial charge < -0.3 is 4.84 Å². The van der Waals surface area contributed by atoms with Crippen LogP contribution in [0, 0.1) is 29.9 Å². The highest BCUT2D eigenvalue weighted by Crippen LogP contribution is 2.36. The van der Waals surface area contributed by atoms with Crippen molar-refractivity contribution in [3.05, 3.63) is 69.3 Å². The second kappa shape index (κ2) is 6.01. The molecule has 0 bridgehead atoms. The van der Waals surface area contributed by atoms with Crippen LogP contribution in [0.3, 0.4) is 0 Å². The first-order valence-corrected chi connectivity index (χ1v) is 8.32. The van der Waals surface area contributed by atoms with Crippen molar-refractivity contribution in [1.29, 1.82) is 0 Å². The van der Waals surface area contributed by atoms with E-state index in [1.807, 2.05) is 26.0 Å². The largest absolute Gasteiger partial charge is 0.381 e. The summed E-state index contributed by atoms with van der Waals surface area (Å²) in [5.74, 6) is -1.73. The van der Waals surface area contributed by atoms with Gasteiger partial charge in [0.25, 0.3) is 11.6 Å². The number of hydrogen-bond acceptors (Lipinski definition) is 6. The van der Waals surface area contributed by atoms with Crippen LogP contribution in [0.5, 0.6) is 0 Å². The predicted molar refractivity (Wildman–Crippen MR) is 96.4 cm³/mol. The molecule has 1 saturated heterocycles. The van der Waals surface area contributed by atoms with E-state index in [0.717, 1.165) is 16.0 Å². The Morgan fingerprint density at radius 3 is 2.41 bits per heavy atom. The van der Waals surface area contributed by atoms with E-state index in [2.05, 4.69) is 5.16 Å². The number of fused-ring (bicyclic) bond motifs is 1. The van der Waals surface area contributed by atoms with E-state index in [1.165, 1.54) is 24.3 Å². The highest BCUT2D eigenvalue weighted by Gasteiger charge is 2.56. The van der Waals surface area contributed by atoms with Crippen LogP contribution < -0.4 is 4.90 Å². The van der Waals surface area contributed by atoms with Gasteiger partial charge in [-0.2, -0.15) is 0 Å². The van der Waals surface area contributed by atoms with E-state index >= 15 is 0 Å². The van der Waals surface area contributed by atoms with Gasteiger partial charge in [0.2, 0.25) is 12.0 Å². The van der Waals surface area contributed by atoms with E-state index in [9.17, 15) is 19.7 Å². The van der Waals surface area contributed by atoms with Crippen LogP contribution in [0.1, 0.15) is 16.7 Å². The lowest BCUT2D eigenvalue weighted by Crippen LogP contribution is -2.33. The van der Waals surface area contributed by atoms with E-state index in [4.69, 9.17) is 4.84 Å². The van der Waals surface area contributed by atoms with Gasteiger partial charge >= 0.3 is 0 Å². The Hall–Kier alpha value is -3.55. The summed E-state index contributed by atoms with van der Waals surface area (Å²) in [4.78, 5) is 42.5. The van der Waals surface area contributed by atoms with E-state index in [1.54, 1.807) is 6.07 Å². The van der Waals surface area contributed by atoms with Crippen molar-refractivity contribution in [2.75, 3.05) is 4.90 Å². The average molecular weight is 365 g/mol. The van der Waals surface area contributed by atoms with Crippen LogP contribution in [0.2, 0.25) is 0 Å². The number of carbonyl (C=O) groups excluding carboxylic acids is 2. The molecule has 0 aromatic heterocycles. The fourth-order valence-corrected chi connectivity index (χ4v) is 3.46. The van der Waals surface area contributed by atoms with Gasteiger partial charge in [0.05, 0.1) is 10.6 Å². The summed E-state index contributed by atoms with van der Waals surface area (Å²) in [5.41, 5.74) is 3.11. The minimum atomic E-state index is -1.01. The molecular formula is C19H15N3O5. The zero-order valence-electron chi connectivity index (χ0n) is 14.6. The number of anilines is 1. The summed E-state index contributed by atoms with van der Waals surface area (Å²) in [6.07, 6.45) is -1.01. The number of hydrogen-bond donors (Lipinski definition) is 0. The molecule has 8 nitrogen and oxygen atoms in total. The molecule has 0 saturated carbocycles. The smallest absolute Gasteiger partial charge is 0.278 e. The highest BCUT2D eigenvalue weighted by molar-refractivity contribution is 6.32. The van der Waals surface area contributed by atoms with Crippen molar-refractivity contribution < 1.29 is 19.3 Å². The molecule has 2 heterocycles. The second-order valence-corrected chi connectivity index (χ2v) is 6.59. The standard InChI is InChI=1S/C19H15N3O5/c1-10-3-8-14(11(2)9-10)21-18(23)15-16(20-27-17(15)19(21)24)12-4-6-13(7-5-12)22(25)26/h3-9,15,17H,1-2H3/t15-,17+/m1/s1. The molecule has 8 heteroatoms. The maximum absolute atomic E-state index is 13.0. The molecule has 4 rings (SSSR count). The number of nitro groups is 1. The number of oxime groups is 1. The Morgan fingerprint density at radius 1 is 1.07 bits per heavy atom. The molecular weight excluding hydrogens is 350 g/mol. The summed E-state index contributed by atoms with van der Waals surface area (Å²) in [6.45, 7) is 3.77. The summed E-state index contributed by atoms with van der Waals surface area (Å²) < 4.78 is 0. The molecule has 0 radical (unpaired) electrons. The predicted octanol–water partition coefficient (Wildman–Crippen LogP) is 2.50. The molecule has 2 atom stereocenters. The minimum Gasteiger partial charge on any atom is -0.381 e. The number of nitrogens with zero attached hydrogens (tertiary/aromatic N) is 3. The number of aryl methyl sites for hydroxylation is 2. The van der Waals surface area contributed by atoms with Gasteiger partial charge in [-0.3, -0.25) is 19.7 Å². The van der Waals surface area contributed by atoms with Crippen molar-refractivity contribution in [3.8, 4) is 0 Å². The zero-order chi connectivity index (χ0) is 19.3. The minimum absolute atomic E-state index is 0.0689. The maximum atomic E-state index is 13.0. The van der Waals surface area contributed by atoms with E-state index in [0.29, 0.717) is 17.0 Å². The molecule has 27 heavy (non-hydrogen) atoms. The molecule has 2 aliphatic rings. The first-order valence-electron chi connectivity index (χ1n) is 8.32. The fourth-order valence-electron chi connectivity index (χ4n) is 3.46. The van der Waals surface area contributed by atoms with Crippen molar-refractivity contribution in [3.63, 3.8) is 0 Å². The molecule has 0 N–H and O–H groups in total. The van der Waals surface area contributed by atoms with E-state index in [-0.39, 0.29) is 5.69 Å². The van der Waals surface area contributed by atoms with Crippen molar-refractivity contribution in [1.82, 2.24) is 0 Å². The fraction of sp³-hybridized carbons (Fsp3) is 0.211. The summed E-state index contributed by atoms with van der Waals surface area (Å²) in [6, 6.07) is 11.1. The molecule has 2 aromatic carbocycles. The van der Waals surface area contributed by atoms with Gasteiger partial charge in [-0.25, -0.2) is 4.90 Å². The lowest BCUT2D eigenvalue weighted by Gasteiger charge is -2.18. The van der Waals surface area contributed by atoms with Crippen LogP contribution in [0.4, 0.5) is 11.4 Å². The molecule has 1 fully saturated rings. The Balaban J connectivity index is 1.68. The van der Waals surface area contributed by atoms with Crippen molar-refractivity contribution in [2.45, 2.75) is 20.0 Å². The first kappa shape index (κ1) is 16.9. The van der Waals surface area contributed by atoms with Crippen molar-refractivity contribution in [2.24, 2.45) is 11.1 Å². The molecule has 0 spiro atoms. The van der Waals surface area contributed by atoms with Crippen molar-refractivity contribution >= 4 is 28.9 Å². The maximum Gasteiger partial charge on any atom is 0.278 e. The number of rotatable bonds is 3. The SMILES string of the molecule is Cc1ccc(N2C(=O)[C@@H]3C(c4ccc([N+](=O)[O-])cc4)=NO[C@@H]3C2=O)c(C)c1. The molecule has 0 unspecified atom stereocenters. The summed E-state index contributed by atoms with van der Waals surface area (Å²) >= 11 is 0.